The topological polar surface area (TPSA) is 58.8 Å². The van der Waals surface area contributed by atoms with E-state index in [1.165, 1.54) is 5.56 Å². The van der Waals surface area contributed by atoms with Gasteiger partial charge in [-0.1, -0.05) is 37.3 Å². The van der Waals surface area contributed by atoms with Crippen LogP contribution in [-0.2, 0) is 16.1 Å². The van der Waals surface area contributed by atoms with Crippen LogP contribution in [0.2, 0.25) is 0 Å². The molecule has 2 fully saturated rings. The Morgan fingerprint density at radius 3 is 2.83 bits per heavy atom. The van der Waals surface area contributed by atoms with Crippen LogP contribution in [0.1, 0.15) is 18.9 Å². The average Bonchev–Trinajstić information content (AvgIpc) is 2.98. The number of rotatable bonds is 4. The molecule has 2 unspecified atom stereocenters. The molecule has 5 nitrogen and oxygen atoms in total. The molecule has 2 aliphatic heterocycles. The smallest absolute Gasteiger partial charge is 0.253 e. The molecule has 2 aliphatic rings. The number of carbonyl (C=O) groups is 1. The van der Waals surface area contributed by atoms with Gasteiger partial charge in [-0.25, -0.2) is 0 Å². The molecule has 0 spiro atoms. The molecule has 0 aromatic heterocycles. The minimum absolute atomic E-state index is 0.0635. The highest BCUT2D eigenvalue weighted by atomic mass is 16.5. The quantitative estimate of drug-likeness (QED) is 0.903. The standard InChI is InChI=1S/C18H27N3O2/c1-18(13-19)7-8-21(14-18)17(22)16-12-20(9-10-23-16)11-15-5-3-2-4-6-15/h2-6,16H,7-14,19H2,1H3. The van der Waals surface area contributed by atoms with E-state index in [0.29, 0.717) is 19.7 Å². The van der Waals surface area contributed by atoms with Crippen LogP contribution in [0.5, 0.6) is 0 Å². The van der Waals surface area contributed by atoms with Crippen molar-refractivity contribution >= 4 is 5.91 Å². The van der Waals surface area contributed by atoms with Gasteiger partial charge >= 0.3 is 0 Å². The van der Waals surface area contributed by atoms with Gasteiger partial charge in [0.15, 0.2) is 0 Å². The van der Waals surface area contributed by atoms with Crippen molar-refractivity contribution in [2.45, 2.75) is 26.0 Å². The summed E-state index contributed by atoms with van der Waals surface area (Å²) in [6.45, 7) is 7.36. The van der Waals surface area contributed by atoms with E-state index in [4.69, 9.17) is 10.5 Å². The minimum atomic E-state index is -0.340. The van der Waals surface area contributed by atoms with Crippen molar-refractivity contribution in [2.24, 2.45) is 11.1 Å². The number of hydrogen-bond donors (Lipinski definition) is 1. The maximum Gasteiger partial charge on any atom is 0.253 e. The van der Waals surface area contributed by atoms with Crippen molar-refractivity contribution in [3.05, 3.63) is 35.9 Å². The first-order valence-electron chi connectivity index (χ1n) is 8.46. The van der Waals surface area contributed by atoms with E-state index in [-0.39, 0.29) is 17.4 Å². The summed E-state index contributed by atoms with van der Waals surface area (Å²) in [7, 11) is 0. The molecule has 5 heteroatoms. The summed E-state index contributed by atoms with van der Waals surface area (Å²) < 4.78 is 5.76. The van der Waals surface area contributed by atoms with Crippen molar-refractivity contribution in [1.29, 1.82) is 0 Å². The normalized spacial score (nSPS) is 29.0. The van der Waals surface area contributed by atoms with E-state index < -0.39 is 0 Å². The lowest BCUT2D eigenvalue weighted by atomic mass is 9.90. The van der Waals surface area contributed by atoms with Gasteiger partial charge in [0.05, 0.1) is 6.61 Å². The molecule has 0 radical (unpaired) electrons. The molecule has 126 valence electrons. The van der Waals surface area contributed by atoms with Gasteiger partial charge in [0.25, 0.3) is 5.91 Å². The van der Waals surface area contributed by atoms with Gasteiger partial charge < -0.3 is 15.4 Å². The molecule has 2 heterocycles. The third-order valence-corrected chi connectivity index (χ3v) is 5.04. The molecule has 0 saturated carbocycles. The van der Waals surface area contributed by atoms with Crippen molar-refractivity contribution in [3.63, 3.8) is 0 Å². The molecule has 1 aromatic carbocycles. The van der Waals surface area contributed by atoms with E-state index in [1.54, 1.807) is 0 Å². The predicted molar refractivity (Wildman–Crippen MR) is 89.8 cm³/mol. The van der Waals surface area contributed by atoms with E-state index in [2.05, 4.69) is 36.1 Å². The first kappa shape index (κ1) is 16.4. The molecule has 0 bridgehead atoms. The molecule has 0 aliphatic carbocycles. The van der Waals surface area contributed by atoms with Gasteiger partial charge in [0.2, 0.25) is 0 Å². The lowest BCUT2D eigenvalue weighted by Crippen LogP contribution is -2.50. The molecule has 2 atom stereocenters. The zero-order chi connectivity index (χ0) is 16.3. The minimum Gasteiger partial charge on any atom is -0.366 e. The van der Waals surface area contributed by atoms with Crippen molar-refractivity contribution in [1.82, 2.24) is 9.80 Å². The first-order chi connectivity index (χ1) is 11.1. The fourth-order valence-electron chi connectivity index (χ4n) is 3.42. The van der Waals surface area contributed by atoms with Crippen LogP contribution < -0.4 is 5.73 Å². The zero-order valence-electron chi connectivity index (χ0n) is 13.9. The van der Waals surface area contributed by atoms with Crippen LogP contribution in [0.3, 0.4) is 0 Å². The number of carbonyl (C=O) groups excluding carboxylic acids is 1. The number of morpholine rings is 1. The first-order valence-corrected chi connectivity index (χ1v) is 8.46. The second kappa shape index (κ2) is 6.99. The molecule has 23 heavy (non-hydrogen) atoms. The van der Waals surface area contributed by atoms with Gasteiger partial charge in [-0.2, -0.15) is 0 Å². The summed E-state index contributed by atoms with van der Waals surface area (Å²) >= 11 is 0. The van der Waals surface area contributed by atoms with Gasteiger partial charge in [-0.15, -0.1) is 0 Å². The Bertz CT molecular complexity index is 536. The SMILES string of the molecule is CC1(CN)CCN(C(=O)C2CN(Cc3ccccc3)CCO2)C1. The number of likely N-dealkylation sites (tertiary alicyclic amines) is 1. The number of nitrogens with zero attached hydrogens (tertiary/aromatic N) is 2. The second-order valence-electron chi connectivity index (χ2n) is 7.10. The molecule has 3 rings (SSSR count). The van der Waals surface area contributed by atoms with E-state index in [9.17, 15) is 4.79 Å². The molecular weight excluding hydrogens is 290 g/mol. The van der Waals surface area contributed by atoms with Crippen LogP contribution in [0.4, 0.5) is 0 Å². The Kier molecular flexibility index (Phi) is 4.99. The Morgan fingerprint density at radius 1 is 1.35 bits per heavy atom. The van der Waals surface area contributed by atoms with E-state index in [1.807, 2.05) is 11.0 Å². The lowest BCUT2D eigenvalue weighted by Gasteiger charge is -2.34. The Morgan fingerprint density at radius 2 is 2.13 bits per heavy atom. The van der Waals surface area contributed by atoms with Crippen molar-refractivity contribution in [3.8, 4) is 0 Å². The van der Waals surface area contributed by atoms with Crippen molar-refractivity contribution < 1.29 is 9.53 Å². The third kappa shape index (κ3) is 3.91. The highest BCUT2D eigenvalue weighted by Crippen LogP contribution is 2.29. The van der Waals surface area contributed by atoms with Crippen molar-refractivity contribution in [2.75, 3.05) is 39.3 Å². The number of hydrogen-bond acceptors (Lipinski definition) is 4. The van der Waals surface area contributed by atoms with Crippen LogP contribution in [0, 0.1) is 5.41 Å². The van der Waals surface area contributed by atoms with Crippen LogP contribution in [0.15, 0.2) is 30.3 Å². The fraction of sp³-hybridized carbons (Fsp3) is 0.611. The third-order valence-electron chi connectivity index (χ3n) is 5.04. The molecular formula is C18H27N3O2. The highest BCUT2D eigenvalue weighted by Gasteiger charge is 2.38. The Labute approximate surface area is 138 Å². The summed E-state index contributed by atoms with van der Waals surface area (Å²) in [5.41, 5.74) is 7.18. The van der Waals surface area contributed by atoms with Gasteiger partial charge in [0.1, 0.15) is 6.10 Å². The predicted octanol–water partition coefficient (Wildman–Crippen LogP) is 1.08. The zero-order valence-corrected chi connectivity index (χ0v) is 13.9. The second-order valence-corrected chi connectivity index (χ2v) is 7.10. The summed E-state index contributed by atoms with van der Waals surface area (Å²) in [4.78, 5) is 17.0. The largest absolute Gasteiger partial charge is 0.366 e. The Balaban J connectivity index is 1.57. The molecule has 1 aromatic rings. The molecule has 2 N–H and O–H groups in total. The summed E-state index contributed by atoms with van der Waals surface area (Å²) in [5, 5.41) is 0. The van der Waals surface area contributed by atoms with Crippen LogP contribution >= 0.6 is 0 Å². The van der Waals surface area contributed by atoms with Crippen LogP contribution in [0.25, 0.3) is 0 Å². The van der Waals surface area contributed by atoms with Gasteiger partial charge in [-0.3, -0.25) is 9.69 Å². The number of amides is 1. The van der Waals surface area contributed by atoms with E-state index >= 15 is 0 Å². The summed E-state index contributed by atoms with van der Waals surface area (Å²) in [5.74, 6) is 0.125. The molecule has 1 amide bonds. The summed E-state index contributed by atoms with van der Waals surface area (Å²) in [6.07, 6.45) is 0.642. The lowest BCUT2D eigenvalue weighted by molar-refractivity contribution is -0.149. The number of nitrogens with two attached hydrogens (primary N) is 1. The van der Waals surface area contributed by atoms with E-state index in [0.717, 1.165) is 32.6 Å². The highest BCUT2D eigenvalue weighted by molar-refractivity contribution is 5.81. The van der Waals surface area contributed by atoms with Gasteiger partial charge in [0, 0.05) is 32.7 Å². The number of benzene rings is 1. The monoisotopic (exact) mass is 317 g/mol. The average molecular weight is 317 g/mol. The summed E-state index contributed by atoms with van der Waals surface area (Å²) in [6, 6.07) is 10.4. The molecule has 2 saturated heterocycles. The van der Waals surface area contributed by atoms with Gasteiger partial charge in [-0.05, 0) is 23.9 Å². The Hall–Kier alpha value is -1.43. The fourth-order valence-corrected chi connectivity index (χ4v) is 3.42. The maximum absolute atomic E-state index is 12.7. The maximum atomic E-state index is 12.7. The number of ether oxygens (including phenoxy) is 1. The van der Waals surface area contributed by atoms with Crippen LogP contribution in [-0.4, -0.2) is 61.1 Å².